The summed E-state index contributed by atoms with van der Waals surface area (Å²) in [6.07, 6.45) is -0.936. The fraction of sp³-hybridized carbons (Fsp3) is 0.600. The molecule has 1 aliphatic heterocycles. The number of hydrogen-bond donors (Lipinski definition) is 4. The van der Waals surface area contributed by atoms with Gasteiger partial charge in [0.25, 0.3) is 5.91 Å². The molecule has 1 saturated carbocycles. The number of aromatic amines is 1. The lowest BCUT2D eigenvalue weighted by molar-refractivity contribution is -0.140. The molecule has 3 atom stereocenters. The van der Waals surface area contributed by atoms with E-state index in [2.05, 4.69) is 16.0 Å². The lowest BCUT2D eigenvalue weighted by Gasteiger charge is -2.25. The molecule has 31 heavy (non-hydrogen) atoms. The Kier molecular flexibility index (Phi) is 6.87. The number of rotatable bonds is 8. The second-order valence-corrected chi connectivity index (χ2v) is 8.04. The van der Waals surface area contributed by atoms with Gasteiger partial charge in [0, 0.05) is 12.5 Å². The number of nitrogens with zero attached hydrogens (tertiary/aromatic N) is 1. The molecule has 0 spiro atoms. The van der Waals surface area contributed by atoms with Crippen LogP contribution in [0, 0.1) is 23.2 Å². The van der Waals surface area contributed by atoms with Crippen molar-refractivity contribution in [1.82, 2.24) is 20.9 Å². The van der Waals surface area contributed by atoms with Gasteiger partial charge < -0.3 is 20.9 Å². The highest BCUT2D eigenvalue weighted by Crippen LogP contribution is 2.34. The van der Waals surface area contributed by atoms with E-state index < -0.39 is 35.8 Å². The molecule has 1 aliphatic carbocycles. The molecule has 2 heterocycles. The van der Waals surface area contributed by atoms with Gasteiger partial charge in [-0.2, -0.15) is 18.4 Å². The normalized spacial score (nSPS) is 20.8. The van der Waals surface area contributed by atoms with Crippen LogP contribution in [-0.2, 0) is 15.8 Å². The van der Waals surface area contributed by atoms with Crippen LogP contribution in [0.5, 0.6) is 0 Å². The van der Waals surface area contributed by atoms with Gasteiger partial charge in [-0.15, -0.1) is 0 Å². The third-order valence-electron chi connectivity index (χ3n) is 5.52. The van der Waals surface area contributed by atoms with Crippen molar-refractivity contribution in [3.63, 3.8) is 0 Å². The molecule has 1 aromatic rings. The average molecular weight is 439 g/mol. The first kappa shape index (κ1) is 22.7. The van der Waals surface area contributed by atoms with Crippen LogP contribution in [-0.4, -0.2) is 41.3 Å². The largest absolute Gasteiger partial charge is 0.431 e. The fourth-order valence-electron chi connectivity index (χ4n) is 3.61. The highest BCUT2D eigenvalue weighted by Gasteiger charge is 2.35. The molecule has 0 aromatic carbocycles. The Morgan fingerprint density at radius 1 is 1.19 bits per heavy atom. The Bertz CT molecular complexity index is 872. The van der Waals surface area contributed by atoms with Crippen molar-refractivity contribution in [1.29, 1.82) is 5.26 Å². The number of aromatic nitrogens is 1. The number of hydrogen-bond acceptors (Lipinski definition) is 4. The van der Waals surface area contributed by atoms with Crippen molar-refractivity contribution in [2.45, 2.75) is 56.8 Å². The first-order valence-electron chi connectivity index (χ1n) is 10.2. The van der Waals surface area contributed by atoms with Crippen molar-refractivity contribution in [2.75, 3.05) is 6.54 Å². The Hall–Kier alpha value is -3.03. The van der Waals surface area contributed by atoms with E-state index >= 15 is 0 Å². The molecule has 168 valence electrons. The van der Waals surface area contributed by atoms with E-state index in [0.717, 1.165) is 31.4 Å². The highest BCUT2D eigenvalue weighted by atomic mass is 19.4. The smallest absolute Gasteiger partial charge is 0.356 e. The van der Waals surface area contributed by atoms with E-state index in [1.54, 1.807) is 0 Å². The van der Waals surface area contributed by atoms with Crippen molar-refractivity contribution in [3.05, 3.63) is 23.5 Å². The van der Waals surface area contributed by atoms with Crippen LogP contribution in [0.2, 0.25) is 0 Å². The van der Waals surface area contributed by atoms with Gasteiger partial charge in [-0.25, -0.2) is 0 Å². The standard InChI is InChI=1S/C20H24F3N5O3/c21-20(22,23)16-6-5-14(27-16)18(30)28-15(8-11-3-4-11)19(31)26-13(10-24)9-12-2-1-7-25-17(12)29/h5-6,11-13,15,27H,1-4,7-9H2,(H,25,29)(H,26,31)(H,28,30)/t12?,13-,15?/m0/s1. The van der Waals surface area contributed by atoms with E-state index in [4.69, 9.17) is 0 Å². The van der Waals surface area contributed by atoms with Gasteiger partial charge in [-0.1, -0.05) is 12.8 Å². The maximum Gasteiger partial charge on any atom is 0.431 e. The molecule has 2 unspecified atom stereocenters. The van der Waals surface area contributed by atoms with Crippen molar-refractivity contribution in [3.8, 4) is 6.07 Å². The van der Waals surface area contributed by atoms with Crippen LogP contribution in [0.25, 0.3) is 0 Å². The van der Waals surface area contributed by atoms with Gasteiger partial charge in [-0.05, 0) is 43.7 Å². The van der Waals surface area contributed by atoms with Crippen molar-refractivity contribution >= 4 is 17.7 Å². The second-order valence-electron chi connectivity index (χ2n) is 8.04. The van der Waals surface area contributed by atoms with Gasteiger partial charge >= 0.3 is 6.18 Å². The summed E-state index contributed by atoms with van der Waals surface area (Å²) in [7, 11) is 0. The average Bonchev–Trinajstić information content (AvgIpc) is 3.37. The summed E-state index contributed by atoms with van der Waals surface area (Å²) in [5.74, 6) is -1.73. The quantitative estimate of drug-likeness (QED) is 0.493. The van der Waals surface area contributed by atoms with Gasteiger partial charge in [0.15, 0.2) is 0 Å². The molecule has 1 saturated heterocycles. The zero-order chi connectivity index (χ0) is 22.6. The summed E-state index contributed by atoms with van der Waals surface area (Å²) in [6.45, 7) is 0.587. The molecule has 1 aromatic heterocycles. The van der Waals surface area contributed by atoms with E-state index in [0.29, 0.717) is 19.4 Å². The number of H-pyrrole nitrogens is 1. The number of carbonyl (C=O) groups excluding carboxylic acids is 3. The number of piperidine rings is 1. The van der Waals surface area contributed by atoms with Gasteiger partial charge in [0.2, 0.25) is 11.8 Å². The third kappa shape index (κ3) is 6.23. The summed E-state index contributed by atoms with van der Waals surface area (Å²) >= 11 is 0. The topological polar surface area (TPSA) is 127 Å². The van der Waals surface area contributed by atoms with Crippen LogP contribution in [0.1, 0.15) is 54.7 Å². The third-order valence-corrected chi connectivity index (χ3v) is 5.52. The van der Waals surface area contributed by atoms with Crippen molar-refractivity contribution < 1.29 is 27.6 Å². The lowest BCUT2D eigenvalue weighted by Crippen LogP contribution is -2.50. The van der Waals surface area contributed by atoms with Crippen molar-refractivity contribution in [2.24, 2.45) is 11.8 Å². The molecule has 2 aliphatic rings. The number of carbonyl (C=O) groups is 3. The number of nitrogens with one attached hydrogen (secondary N) is 4. The minimum absolute atomic E-state index is 0.156. The van der Waals surface area contributed by atoms with Gasteiger partial charge in [0.1, 0.15) is 23.5 Å². The first-order chi connectivity index (χ1) is 14.7. The number of nitriles is 1. The molecule has 4 N–H and O–H groups in total. The predicted octanol–water partition coefficient (Wildman–Crippen LogP) is 1.86. The lowest BCUT2D eigenvalue weighted by atomic mass is 9.92. The molecular formula is C20H24F3N5O3. The van der Waals surface area contributed by atoms with Gasteiger partial charge in [0.05, 0.1) is 6.07 Å². The van der Waals surface area contributed by atoms with Crippen LogP contribution < -0.4 is 16.0 Å². The molecular weight excluding hydrogens is 415 g/mol. The van der Waals surface area contributed by atoms with E-state index in [-0.39, 0.29) is 29.9 Å². The monoisotopic (exact) mass is 439 g/mol. The molecule has 0 bridgehead atoms. The van der Waals surface area contributed by atoms with E-state index in [1.165, 1.54) is 0 Å². The van der Waals surface area contributed by atoms with Gasteiger partial charge in [-0.3, -0.25) is 14.4 Å². The molecule has 11 heteroatoms. The number of amides is 3. The molecule has 3 amide bonds. The maximum atomic E-state index is 12.8. The Morgan fingerprint density at radius 3 is 2.52 bits per heavy atom. The zero-order valence-corrected chi connectivity index (χ0v) is 16.7. The first-order valence-corrected chi connectivity index (χ1v) is 10.2. The van der Waals surface area contributed by atoms with Crippen LogP contribution >= 0.6 is 0 Å². The maximum absolute atomic E-state index is 12.8. The Balaban J connectivity index is 1.63. The summed E-state index contributed by atoms with van der Waals surface area (Å²) in [4.78, 5) is 39.1. The molecule has 3 rings (SSSR count). The SMILES string of the molecule is N#C[C@H](CC1CCCNC1=O)NC(=O)C(CC1CC1)NC(=O)c1ccc(C(F)(F)F)[nH]1. The van der Waals surface area contributed by atoms with E-state index in [1.807, 2.05) is 11.1 Å². The fourth-order valence-corrected chi connectivity index (χ4v) is 3.61. The number of halogens is 3. The minimum atomic E-state index is -4.62. The van der Waals surface area contributed by atoms with E-state index in [9.17, 15) is 32.8 Å². The Morgan fingerprint density at radius 2 is 1.94 bits per heavy atom. The number of alkyl halides is 3. The van der Waals surface area contributed by atoms with Crippen LogP contribution in [0.3, 0.4) is 0 Å². The van der Waals surface area contributed by atoms with Crippen LogP contribution in [0.15, 0.2) is 12.1 Å². The summed E-state index contributed by atoms with van der Waals surface area (Å²) in [5, 5.41) is 17.2. The second kappa shape index (κ2) is 9.41. The minimum Gasteiger partial charge on any atom is -0.356 e. The zero-order valence-electron chi connectivity index (χ0n) is 16.7. The summed E-state index contributed by atoms with van der Waals surface area (Å²) in [6, 6.07) is 1.83. The molecule has 2 fully saturated rings. The molecule has 8 nitrogen and oxygen atoms in total. The highest BCUT2D eigenvalue weighted by molar-refractivity contribution is 5.96. The Labute approximate surface area is 176 Å². The molecule has 0 radical (unpaired) electrons. The predicted molar refractivity (Wildman–Crippen MR) is 102 cm³/mol. The van der Waals surface area contributed by atoms with Crippen LogP contribution in [0.4, 0.5) is 13.2 Å². The summed E-state index contributed by atoms with van der Waals surface area (Å²) in [5.41, 5.74) is -1.37. The summed E-state index contributed by atoms with van der Waals surface area (Å²) < 4.78 is 38.3.